The van der Waals surface area contributed by atoms with Crippen molar-refractivity contribution in [1.82, 2.24) is 4.98 Å². The van der Waals surface area contributed by atoms with Crippen LogP contribution in [0.2, 0.25) is 5.02 Å². The first-order valence-electron chi connectivity index (χ1n) is 3.28. The van der Waals surface area contributed by atoms with Gasteiger partial charge in [-0.3, -0.25) is 0 Å². The summed E-state index contributed by atoms with van der Waals surface area (Å²) in [7, 11) is 0. The van der Waals surface area contributed by atoms with E-state index in [4.69, 9.17) is 11.6 Å². The maximum Gasteiger partial charge on any atom is 0.334 e. The molecule has 0 aliphatic heterocycles. The summed E-state index contributed by atoms with van der Waals surface area (Å²) in [6.45, 7) is 0. The smallest absolute Gasteiger partial charge is 0.334 e. The van der Waals surface area contributed by atoms with E-state index in [9.17, 15) is 23.7 Å². The van der Waals surface area contributed by atoms with Crippen LogP contribution in [-0.2, 0) is 0 Å². The van der Waals surface area contributed by atoms with Gasteiger partial charge in [-0.05, 0) is 4.92 Å². The molecule has 0 saturated heterocycles. The first kappa shape index (κ1) is 10.6. The number of aromatic amines is 1. The summed E-state index contributed by atoms with van der Waals surface area (Å²) in [5.74, 6) is -1.07. The van der Waals surface area contributed by atoms with Crippen LogP contribution in [0.3, 0.4) is 0 Å². The van der Waals surface area contributed by atoms with E-state index in [1.807, 2.05) is 0 Å². The van der Waals surface area contributed by atoms with Crippen molar-refractivity contribution in [1.29, 1.82) is 0 Å². The number of aromatic nitrogens is 1. The van der Waals surface area contributed by atoms with Crippen LogP contribution >= 0.6 is 11.6 Å². The van der Waals surface area contributed by atoms with E-state index in [1.165, 1.54) is 0 Å². The van der Waals surface area contributed by atoms with Crippen molar-refractivity contribution in [2.45, 2.75) is 6.43 Å². The summed E-state index contributed by atoms with van der Waals surface area (Å²) >= 11 is 5.27. The third-order valence-corrected chi connectivity index (χ3v) is 1.73. The Balaban J connectivity index is 3.52. The number of halogens is 3. The third-order valence-electron chi connectivity index (χ3n) is 1.41. The Morgan fingerprint density at radius 3 is 2.57 bits per heavy atom. The minimum atomic E-state index is -3.11. The van der Waals surface area contributed by atoms with Gasteiger partial charge in [-0.25, -0.2) is 18.6 Å². The highest BCUT2D eigenvalue weighted by Crippen LogP contribution is 2.31. The number of hydrogen-bond acceptors (Lipinski definition) is 3. The Labute approximate surface area is 80.5 Å². The fourth-order valence-corrected chi connectivity index (χ4v) is 1.15. The summed E-state index contributed by atoms with van der Waals surface area (Å²) in [5.41, 5.74) is -1.87. The molecule has 76 valence electrons. The monoisotopic (exact) mass is 224 g/mol. The molecule has 1 aromatic rings. The van der Waals surface area contributed by atoms with Gasteiger partial charge in [-0.15, -0.1) is 0 Å². The molecule has 1 heterocycles. The molecule has 0 aliphatic rings. The van der Waals surface area contributed by atoms with E-state index < -0.39 is 33.3 Å². The van der Waals surface area contributed by atoms with E-state index in [1.54, 1.807) is 4.98 Å². The number of pyridine rings is 1. The van der Waals surface area contributed by atoms with Gasteiger partial charge in [0.1, 0.15) is 5.56 Å². The highest BCUT2D eigenvalue weighted by molar-refractivity contribution is 6.31. The molecule has 0 amide bonds. The maximum atomic E-state index is 12.3. The molecule has 1 rings (SSSR count). The van der Waals surface area contributed by atoms with Crippen LogP contribution in [0.25, 0.3) is 0 Å². The van der Waals surface area contributed by atoms with Gasteiger partial charge in [-0.2, -0.15) is 0 Å². The van der Waals surface area contributed by atoms with Gasteiger partial charge in [0.2, 0.25) is 0 Å². The van der Waals surface area contributed by atoms with Crippen molar-refractivity contribution in [3.05, 3.63) is 37.1 Å². The predicted octanol–water partition coefficient (Wildman–Crippen LogP) is 1.87. The lowest BCUT2D eigenvalue weighted by atomic mass is 10.2. The van der Waals surface area contributed by atoms with Crippen LogP contribution in [0.4, 0.5) is 14.6 Å². The van der Waals surface area contributed by atoms with Gasteiger partial charge < -0.3 is 10.1 Å². The first-order valence-corrected chi connectivity index (χ1v) is 3.66. The molecular weight excluding hydrogens is 222 g/mol. The molecule has 0 fully saturated rings. The zero-order chi connectivity index (χ0) is 10.9. The Hall–Kier alpha value is -1.50. The Morgan fingerprint density at radius 2 is 2.14 bits per heavy atom. The predicted molar refractivity (Wildman–Crippen MR) is 43.7 cm³/mol. The number of H-pyrrole nitrogens is 1. The zero-order valence-electron chi connectivity index (χ0n) is 6.46. The van der Waals surface area contributed by atoms with Crippen LogP contribution in [0, 0.1) is 10.1 Å². The van der Waals surface area contributed by atoms with Crippen LogP contribution < -0.4 is 5.56 Å². The van der Waals surface area contributed by atoms with Gasteiger partial charge in [0, 0.05) is 6.07 Å². The van der Waals surface area contributed by atoms with Crippen LogP contribution in [-0.4, -0.2) is 9.91 Å². The molecule has 0 aliphatic carbocycles. The topological polar surface area (TPSA) is 76.0 Å². The number of nitrogens with one attached hydrogen (secondary N) is 1. The lowest BCUT2D eigenvalue weighted by Gasteiger charge is -2.03. The summed E-state index contributed by atoms with van der Waals surface area (Å²) in [6, 6.07) is 0.663. The quantitative estimate of drug-likeness (QED) is 0.615. The van der Waals surface area contributed by atoms with E-state index in [2.05, 4.69) is 0 Å². The largest absolute Gasteiger partial charge is 0.358 e. The van der Waals surface area contributed by atoms with Crippen LogP contribution in [0.15, 0.2) is 10.9 Å². The van der Waals surface area contributed by atoms with Crippen LogP contribution in [0.1, 0.15) is 12.0 Å². The van der Waals surface area contributed by atoms with Crippen molar-refractivity contribution in [3.8, 4) is 0 Å². The molecule has 0 unspecified atom stereocenters. The Morgan fingerprint density at radius 1 is 1.57 bits per heavy atom. The van der Waals surface area contributed by atoms with Gasteiger partial charge in [0.15, 0.2) is 0 Å². The number of nitro groups is 1. The first-order chi connectivity index (χ1) is 6.43. The number of hydrogen-bond donors (Lipinski definition) is 1. The van der Waals surface area contributed by atoms with Gasteiger partial charge in [0.25, 0.3) is 6.43 Å². The summed E-state index contributed by atoms with van der Waals surface area (Å²) in [4.78, 5) is 21.5. The molecule has 1 aromatic heterocycles. The second kappa shape index (κ2) is 3.70. The zero-order valence-corrected chi connectivity index (χ0v) is 7.22. The van der Waals surface area contributed by atoms with Gasteiger partial charge in [-0.1, -0.05) is 11.6 Å². The SMILES string of the molecule is O=c1cc(Cl)c(C(F)F)c([N+](=O)[O-])[nH]1. The lowest BCUT2D eigenvalue weighted by Crippen LogP contribution is -2.11. The minimum Gasteiger partial charge on any atom is -0.358 e. The average Bonchev–Trinajstić information content (AvgIpc) is 2.01. The highest BCUT2D eigenvalue weighted by Gasteiger charge is 2.25. The van der Waals surface area contributed by atoms with E-state index in [0.717, 1.165) is 0 Å². The highest BCUT2D eigenvalue weighted by atomic mass is 35.5. The summed E-state index contributed by atoms with van der Waals surface area (Å²) < 4.78 is 24.5. The molecule has 0 radical (unpaired) electrons. The molecule has 8 heteroatoms. The van der Waals surface area contributed by atoms with Crippen molar-refractivity contribution in [2.75, 3.05) is 0 Å². The van der Waals surface area contributed by atoms with E-state index >= 15 is 0 Å². The maximum absolute atomic E-state index is 12.3. The number of alkyl halides is 2. The van der Waals surface area contributed by atoms with Gasteiger partial charge in [0.05, 0.1) is 5.02 Å². The minimum absolute atomic E-state index is 0.615. The molecule has 0 aromatic carbocycles. The standard InChI is InChI=1S/C6H3ClF2N2O3/c7-2-1-3(12)10-6(11(13)14)4(2)5(8)9/h1,5H,(H,10,12). The van der Waals surface area contributed by atoms with Crippen LogP contribution in [0.5, 0.6) is 0 Å². The molecule has 1 N–H and O–H groups in total. The number of rotatable bonds is 2. The molecule has 0 atom stereocenters. The van der Waals surface area contributed by atoms with E-state index in [0.29, 0.717) is 6.07 Å². The Bertz CT molecular complexity index is 432. The van der Waals surface area contributed by atoms with Crippen molar-refractivity contribution >= 4 is 17.4 Å². The molecular formula is C6H3ClF2N2O3. The molecule has 0 bridgehead atoms. The normalized spacial score (nSPS) is 10.6. The molecule has 0 saturated carbocycles. The fraction of sp³-hybridized carbons (Fsp3) is 0.167. The second-order valence-corrected chi connectivity index (χ2v) is 2.71. The van der Waals surface area contributed by atoms with Crippen molar-refractivity contribution in [2.24, 2.45) is 0 Å². The average molecular weight is 225 g/mol. The second-order valence-electron chi connectivity index (χ2n) is 2.30. The van der Waals surface area contributed by atoms with Crippen molar-refractivity contribution < 1.29 is 13.7 Å². The molecule has 0 spiro atoms. The fourth-order valence-electron chi connectivity index (χ4n) is 0.878. The Kier molecular flexibility index (Phi) is 2.80. The molecule has 5 nitrogen and oxygen atoms in total. The lowest BCUT2D eigenvalue weighted by molar-refractivity contribution is -0.391. The van der Waals surface area contributed by atoms with Gasteiger partial charge >= 0.3 is 11.4 Å². The van der Waals surface area contributed by atoms with E-state index in [-0.39, 0.29) is 0 Å². The molecule has 14 heavy (non-hydrogen) atoms. The third kappa shape index (κ3) is 1.87. The summed E-state index contributed by atoms with van der Waals surface area (Å²) in [5, 5.41) is 9.66. The number of nitrogens with zero attached hydrogens (tertiary/aromatic N) is 1. The summed E-state index contributed by atoms with van der Waals surface area (Å²) in [6.07, 6.45) is -3.11. The van der Waals surface area contributed by atoms with Crippen molar-refractivity contribution in [3.63, 3.8) is 0 Å².